The minimum Gasteiger partial charge on any atom is -0.378 e. The molecule has 1 saturated heterocycles. The molecule has 126 valence electrons. The fraction of sp³-hybridized carbons (Fsp3) is 0.353. The third kappa shape index (κ3) is 4.42. The number of pyridine rings is 2. The molecule has 1 aliphatic heterocycles. The Morgan fingerprint density at radius 3 is 2.71 bits per heavy atom. The molecule has 0 aliphatic carbocycles. The molecule has 0 atom stereocenters. The molecular formula is C17H21N5O2. The molecule has 0 aromatic carbocycles. The van der Waals surface area contributed by atoms with Crippen LogP contribution in [0.25, 0.3) is 0 Å². The number of anilines is 1. The minimum atomic E-state index is -0.212. The van der Waals surface area contributed by atoms with Crippen LogP contribution in [0.1, 0.15) is 11.1 Å². The zero-order valence-corrected chi connectivity index (χ0v) is 13.4. The summed E-state index contributed by atoms with van der Waals surface area (Å²) in [4.78, 5) is 22.7. The van der Waals surface area contributed by atoms with Crippen LogP contribution in [0.5, 0.6) is 0 Å². The summed E-state index contributed by atoms with van der Waals surface area (Å²) in [5.41, 5.74) is 1.96. The number of carbonyl (C=O) groups excluding carboxylic acids is 1. The summed E-state index contributed by atoms with van der Waals surface area (Å²) in [6, 6.07) is 7.42. The summed E-state index contributed by atoms with van der Waals surface area (Å²) in [7, 11) is 0. The quantitative estimate of drug-likeness (QED) is 0.866. The van der Waals surface area contributed by atoms with Crippen LogP contribution in [0.15, 0.2) is 42.9 Å². The van der Waals surface area contributed by atoms with Crippen molar-refractivity contribution in [2.75, 3.05) is 31.2 Å². The molecule has 2 N–H and O–H groups in total. The Kier molecular flexibility index (Phi) is 5.57. The van der Waals surface area contributed by atoms with Gasteiger partial charge in [-0.1, -0.05) is 12.1 Å². The Balaban J connectivity index is 1.53. The average Bonchev–Trinajstić information content (AvgIpc) is 2.66. The largest absolute Gasteiger partial charge is 0.378 e. The topological polar surface area (TPSA) is 79.4 Å². The number of amides is 2. The van der Waals surface area contributed by atoms with E-state index in [1.807, 2.05) is 24.3 Å². The Bertz CT molecular complexity index is 659. The summed E-state index contributed by atoms with van der Waals surface area (Å²) in [5.74, 6) is 0.911. The first-order valence-electron chi connectivity index (χ1n) is 8.00. The van der Waals surface area contributed by atoms with Crippen molar-refractivity contribution in [3.8, 4) is 0 Å². The molecule has 0 unspecified atom stereocenters. The van der Waals surface area contributed by atoms with E-state index in [2.05, 4.69) is 25.5 Å². The van der Waals surface area contributed by atoms with Crippen LogP contribution in [0.4, 0.5) is 10.6 Å². The monoisotopic (exact) mass is 327 g/mol. The molecule has 1 fully saturated rings. The molecule has 2 amide bonds. The predicted octanol–water partition coefficient (Wildman–Crippen LogP) is 1.31. The summed E-state index contributed by atoms with van der Waals surface area (Å²) < 4.78 is 5.38. The molecule has 2 aromatic rings. The Hall–Kier alpha value is -2.67. The Morgan fingerprint density at radius 1 is 1.12 bits per heavy atom. The SMILES string of the molecule is O=C(NCc1cccnc1)NCc1cccnc1N1CCOCC1. The first-order chi connectivity index (χ1) is 11.8. The Morgan fingerprint density at radius 2 is 1.92 bits per heavy atom. The van der Waals surface area contributed by atoms with Crippen LogP contribution in [0.3, 0.4) is 0 Å². The van der Waals surface area contributed by atoms with Crippen molar-refractivity contribution in [3.05, 3.63) is 54.0 Å². The highest BCUT2D eigenvalue weighted by Gasteiger charge is 2.16. The normalized spacial score (nSPS) is 14.2. The van der Waals surface area contributed by atoms with Gasteiger partial charge in [0.2, 0.25) is 0 Å². The first kappa shape index (κ1) is 16.2. The standard InChI is InChI=1S/C17H21N5O2/c23-17(20-12-14-3-1-5-18-11-14)21-13-15-4-2-6-19-16(15)22-7-9-24-10-8-22/h1-6,11H,7-10,12-13H2,(H2,20,21,23). The number of nitrogens with zero attached hydrogens (tertiary/aromatic N) is 3. The van der Waals surface area contributed by atoms with Crippen molar-refractivity contribution in [2.45, 2.75) is 13.1 Å². The lowest BCUT2D eigenvalue weighted by atomic mass is 10.2. The van der Waals surface area contributed by atoms with Crippen molar-refractivity contribution >= 4 is 11.8 Å². The highest BCUT2D eigenvalue weighted by molar-refractivity contribution is 5.74. The molecule has 1 aliphatic rings. The third-order valence-electron chi connectivity index (χ3n) is 3.79. The molecule has 0 radical (unpaired) electrons. The maximum atomic E-state index is 12.0. The number of hydrogen-bond acceptors (Lipinski definition) is 5. The van der Waals surface area contributed by atoms with Gasteiger partial charge in [0.15, 0.2) is 0 Å². The number of morpholine rings is 1. The molecule has 0 saturated carbocycles. The third-order valence-corrected chi connectivity index (χ3v) is 3.79. The number of urea groups is 1. The smallest absolute Gasteiger partial charge is 0.315 e. The van der Waals surface area contributed by atoms with E-state index in [4.69, 9.17) is 4.74 Å². The van der Waals surface area contributed by atoms with Crippen molar-refractivity contribution in [3.63, 3.8) is 0 Å². The van der Waals surface area contributed by atoms with Gasteiger partial charge in [0.1, 0.15) is 5.82 Å². The van der Waals surface area contributed by atoms with Gasteiger partial charge in [0.05, 0.1) is 13.2 Å². The molecule has 2 aromatic heterocycles. The van der Waals surface area contributed by atoms with E-state index >= 15 is 0 Å². The van der Waals surface area contributed by atoms with Gasteiger partial charge >= 0.3 is 6.03 Å². The first-order valence-corrected chi connectivity index (χ1v) is 8.00. The van der Waals surface area contributed by atoms with E-state index in [1.165, 1.54) is 0 Å². The molecule has 24 heavy (non-hydrogen) atoms. The summed E-state index contributed by atoms with van der Waals surface area (Å²) >= 11 is 0. The Labute approximate surface area is 141 Å². The second-order valence-electron chi connectivity index (χ2n) is 5.48. The van der Waals surface area contributed by atoms with Gasteiger partial charge in [-0.25, -0.2) is 9.78 Å². The maximum Gasteiger partial charge on any atom is 0.315 e. The second kappa shape index (κ2) is 8.26. The van der Waals surface area contributed by atoms with Crippen LogP contribution in [-0.2, 0) is 17.8 Å². The van der Waals surface area contributed by atoms with Crippen molar-refractivity contribution in [2.24, 2.45) is 0 Å². The number of ether oxygens (including phenoxy) is 1. The number of carbonyl (C=O) groups is 1. The molecule has 3 rings (SSSR count). The summed E-state index contributed by atoms with van der Waals surface area (Å²) in [5, 5.41) is 5.70. The van der Waals surface area contributed by atoms with E-state index in [-0.39, 0.29) is 6.03 Å². The minimum absolute atomic E-state index is 0.212. The van der Waals surface area contributed by atoms with E-state index in [0.717, 1.165) is 30.0 Å². The zero-order valence-electron chi connectivity index (χ0n) is 13.4. The molecule has 7 heteroatoms. The van der Waals surface area contributed by atoms with Crippen LogP contribution in [0, 0.1) is 0 Å². The maximum absolute atomic E-state index is 12.0. The van der Waals surface area contributed by atoms with Crippen LogP contribution >= 0.6 is 0 Å². The summed E-state index contributed by atoms with van der Waals surface area (Å²) in [6.45, 7) is 3.92. The second-order valence-corrected chi connectivity index (χ2v) is 5.48. The average molecular weight is 327 g/mol. The van der Waals surface area contributed by atoms with Crippen LogP contribution in [0.2, 0.25) is 0 Å². The van der Waals surface area contributed by atoms with E-state index < -0.39 is 0 Å². The number of nitrogens with one attached hydrogen (secondary N) is 2. The fourth-order valence-electron chi connectivity index (χ4n) is 2.55. The van der Waals surface area contributed by atoms with Gasteiger partial charge < -0.3 is 20.3 Å². The van der Waals surface area contributed by atoms with Gasteiger partial charge in [-0.15, -0.1) is 0 Å². The molecule has 7 nitrogen and oxygen atoms in total. The van der Waals surface area contributed by atoms with Crippen LogP contribution in [-0.4, -0.2) is 42.3 Å². The van der Waals surface area contributed by atoms with E-state index in [0.29, 0.717) is 26.3 Å². The molecule has 0 spiro atoms. The lowest BCUT2D eigenvalue weighted by molar-refractivity contribution is 0.122. The molecule has 0 bridgehead atoms. The fourth-order valence-corrected chi connectivity index (χ4v) is 2.55. The lowest BCUT2D eigenvalue weighted by Gasteiger charge is -2.29. The highest BCUT2D eigenvalue weighted by atomic mass is 16.5. The number of aromatic nitrogens is 2. The van der Waals surface area contributed by atoms with Crippen molar-refractivity contribution in [1.82, 2.24) is 20.6 Å². The van der Waals surface area contributed by atoms with Gasteiger partial charge in [0, 0.05) is 50.3 Å². The van der Waals surface area contributed by atoms with Crippen molar-refractivity contribution < 1.29 is 9.53 Å². The van der Waals surface area contributed by atoms with Gasteiger partial charge in [0.25, 0.3) is 0 Å². The van der Waals surface area contributed by atoms with Crippen molar-refractivity contribution in [1.29, 1.82) is 0 Å². The van der Waals surface area contributed by atoms with Gasteiger partial charge in [-0.05, 0) is 17.7 Å². The van der Waals surface area contributed by atoms with Gasteiger partial charge in [-0.3, -0.25) is 4.98 Å². The zero-order chi connectivity index (χ0) is 16.6. The number of rotatable bonds is 5. The highest BCUT2D eigenvalue weighted by Crippen LogP contribution is 2.18. The predicted molar refractivity (Wildman–Crippen MR) is 90.6 cm³/mol. The number of hydrogen-bond donors (Lipinski definition) is 2. The molecule has 3 heterocycles. The van der Waals surface area contributed by atoms with E-state index in [9.17, 15) is 4.79 Å². The summed E-state index contributed by atoms with van der Waals surface area (Å²) in [6.07, 6.45) is 5.22. The molecular weight excluding hydrogens is 306 g/mol. The van der Waals surface area contributed by atoms with Gasteiger partial charge in [-0.2, -0.15) is 0 Å². The van der Waals surface area contributed by atoms with E-state index in [1.54, 1.807) is 18.6 Å². The lowest BCUT2D eigenvalue weighted by Crippen LogP contribution is -2.38. The van der Waals surface area contributed by atoms with Crippen LogP contribution < -0.4 is 15.5 Å².